The SMILES string of the molecule is [B]N1C(=O)C2=C(C1=O)c1cn(c3ccccc13)CC[C@H](C)OCCn1cc2c2ccccc21. The van der Waals surface area contributed by atoms with Crippen LogP contribution in [-0.2, 0) is 27.4 Å². The van der Waals surface area contributed by atoms with Gasteiger partial charge in [-0.1, -0.05) is 36.4 Å². The van der Waals surface area contributed by atoms with Crippen LogP contribution in [-0.4, -0.2) is 46.5 Å². The molecule has 0 spiro atoms. The lowest BCUT2D eigenvalue weighted by Gasteiger charge is -2.15. The summed E-state index contributed by atoms with van der Waals surface area (Å²) in [7, 11) is 5.98. The van der Waals surface area contributed by atoms with Crippen LogP contribution in [0.15, 0.2) is 60.9 Å². The fourth-order valence-electron chi connectivity index (χ4n) is 5.07. The minimum Gasteiger partial charge on any atom is -0.377 e. The van der Waals surface area contributed by atoms with Crippen LogP contribution in [0.2, 0.25) is 0 Å². The summed E-state index contributed by atoms with van der Waals surface area (Å²) >= 11 is 0. The minimum atomic E-state index is -0.480. The molecule has 0 saturated carbocycles. The maximum atomic E-state index is 13.3. The van der Waals surface area contributed by atoms with Crippen molar-refractivity contribution in [2.75, 3.05) is 6.61 Å². The molecule has 2 aromatic heterocycles. The molecule has 0 aliphatic carbocycles. The summed E-state index contributed by atoms with van der Waals surface area (Å²) in [6.45, 7) is 4.03. The van der Waals surface area contributed by atoms with Gasteiger partial charge in [-0.15, -0.1) is 0 Å². The summed E-state index contributed by atoms with van der Waals surface area (Å²) in [5, 5.41) is 1.83. The van der Waals surface area contributed by atoms with Crippen molar-refractivity contribution in [1.82, 2.24) is 13.9 Å². The highest BCUT2D eigenvalue weighted by Crippen LogP contribution is 2.41. The Morgan fingerprint density at radius 2 is 1.33 bits per heavy atom. The Hall–Kier alpha value is -3.58. The lowest BCUT2D eigenvalue weighted by molar-refractivity contribution is -0.130. The van der Waals surface area contributed by atoms with Gasteiger partial charge in [0.2, 0.25) is 19.8 Å². The summed E-state index contributed by atoms with van der Waals surface area (Å²) in [6, 6.07) is 15.9. The smallest absolute Gasteiger partial charge is 0.249 e. The molecular weight excluding hydrogens is 413 g/mol. The van der Waals surface area contributed by atoms with Gasteiger partial charge in [0.1, 0.15) is 0 Å². The van der Waals surface area contributed by atoms with Crippen LogP contribution in [0.25, 0.3) is 33.0 Å². The van der Waals surface area contributed by atoms with Gasteiger partial charge in [-0.05, 0) is 25.5 Å². The number of carbonyl (C=O) groups is 2. The Bertz CT molecular complexity index is 1480. The molecule has 162 valence electrons. The van der Waals surface area contributed by atoms with Crippen LogP contribution >= 0.6 is 0 Å². The van der Waals surface area contributed by atoms with E-state index in [-0.39, 0.29) is 6.10 Å². The molecule has 2 aliphatic rings. The Labute approximate surface area is 192 Å². The van der Waals surface area contributed by atoms with E-state index in [9.17, 15) is 9.59 Å². The highest BCUT2D eigenvalue weighted by atomic mass is 16.5. The number of carbonyl (C=O) groups excluding carboxylic acids is 2. The number of aryl methyl sites for hydroxylation is 1. The fraction of sp³-hybridized carbons (Fsp3) is 0.231. The van der Waals surface area contributed by atoms with E-state index in [1.54, 1.807) is 0 Å². The van der Waals surface area contributed by atoms with E-state index in [0.29, 0.717) is 29.9 Å². The normalized spacial score (nSPS) is 19.4. The van der Waals surface area contributed by atoms with Crippen LogP contribution < -0.4 is 0 Å². The van der Waals surface area contributed by atoms with Crippen molar-refractivity contribution in [3.05, 3.63) is 72.1 Å². The van der Waals surface area contributed by atoms with Crippen molar-refractivity contribution < 1.29 is 14.3 Å². The summed E-state index contributed by atoms with van der Waals surface area (Å²) in [6.07, 6.45) is 4.84. The average Bonchev–Trinajstić information content (AvgIpc) is 3.44. The molecule has 0 fully saturated rings. The number of imide groups is 1. The zero-order valence-electron chi connectivity index (χ0n) is 18.3. The third-order valence-corrected chi connectivity index (χ3v) is 6.74. The highest BCUT2D eigenvalue weighted by molar-refractivity contribution is 6.56. The number of hydrogen-bond donors (Lipinski definition) is 0. The number of hydrogen-bond acceptors (Lipinski definition) is 3. The minimum absolute atomic E-state index is 0.0860. The molecule has 33 heavy (non-hydrogen) atoms. The summed E-state index contributed by atoms with van der Waals surface area (Å²) in [4.78, 5) is 27.4. The van der Waals surface area contributed by atoms with E-state index in [4.69, 9.17) is 12.7 Å². The van der Waals surface area contributed by atoms with Crippen molar-refractivity contribution in [3.8, 4) is 0 Å². The molecule has 2 radical (unpaired) electrons. The first-order valence-corrected chi connectivity index (χ1v) is 11.2. The number of fused-ring (bicyclic) bond motifs is 12. The molecule has 7 heteroatoms. The zero-order chi connectivity index (χ0) is 22.7. The van der Waals surface area contributed by atoms with E-state index in [1.165, 1.54) is 0 Å². The van der Waals surface area contributed by atoms with Crippen LogP contribution in [0.1, 0.15) is 24.5 Å². The maximum Gasteiger partial charge on any atom is 0.249 e. The number of para-hydroxylation sites is 2. The molecule has 6 nitrogen and oxygen atoms in total. The molecular formula is C26H22BN3O3. The molecule has 2 aromatic carbocycles. The highest BCUT2D eigenvalue weighted by Gasteiger charge is 2.39. The Kier molecular flexibility index (Phi) is 4.55. The van der Waals surface area contributed by atoms with Gasteiger partial charge in [-0.25, -0.2) is 0 Å². The van der Waals surface area contributed by atoms with E-state index < -0.39 is 11.8 Å². The van der Waals surface area contributed by atoms with Crippen molar-refractivity contribution in [3.63, 3.8) is 0 Å². The standard InChI is InChI=1S/C26H22BN3O3/c1-16-10-11-28-14-19(17-6-2-4-8-21(17)28)23-24(26(32)30(27)25(23)31)20-15-29(12-13-33-16)22-9-5-3-7-18(20)22/h2-9,14-16H,10-13H2,1H3/t16-/m0/s1. The van der Waals surface area contributed by atoms with E-state index in [1.807, 2.05) is 60.9 Å². The Morgan fingerprint density at radius 3 is 1.91 bits per heavy atom. The lowest BCUT2D eigenvalue weighted by Crippen LogP contribution is -2.28. The van der Waals surface area contributed by atoms with Crippen molar-refractivity contribution in [1.29, 1.82) is 0 Å². The number of benzene rings is 2. The molecule has 4 bridgehead atoms. The predicted octanol–water partition coefficient (Wildman–Crippen LogP) is 3.77. The van der Waals surface area contributed by atoms with Gasteiger partial charge in [0.05, 0.1) is 23.9 Å². The second-order valence-electron chi connectivity index (χ2n) is 8.71. The van der Waals surface area contributed by atoms with E-state index >= 15 is 0 Å². The fourth-order valence-corrected chi connectivity index (χ4v) is 5.07. The number of ether oxygens (including phenoxy) is 1. The molecule has 6 rings (SSSR count). The monoisotopic (exact) mass is 435 g/mol. The van der Waals surface area contributed by atoms with Gasteiger partial charge >= 0.3 is 0 Å². The van der Waals surface area contributed by atoms with Crippen LogP contribution in [0, 0.1) is 0 Å². The average molecular weight is 435 g/mol. The number of aromatic nitrogens is 2. The predicted molar refractivity (Wildman–Crippen MR) is 128 cm³/mol. The first-order valence-electron chi connectivity index (χ1n) is 11.2. The first kappa shape index (κ1) is 20.1. The number of rotatable bonds is 0. The molecule has 4 aromatic rings. The third-order valence-electron chi connectivity index (χ3n) is 6.74. The van der Waals surface area contributed by atoms with E-state index in [0.717, 1.165) is 45.1 Å². The van der Waals surface area contributed by atoms with Crippen molar-refractivity contribution in [2.24, 2.45) is 0 Å². The van der Waals surface area contributed by atoms with E-state index in [2.05, 4.69) is 16.1 Å². The summed E-state index contributed by atoms with van der Waals surface area (Å²) in [5.74, 6) is -0.953. The van der Waals surface area contributed by atoms with Crippen molar-refractivity contribution in [2.45, 2.75) is 32.5 Å². The lowest BCUT2D eigenvalue weighted by atomic mass is 9.95. The summed E-state index contributed by atoms with van der Waals surface area (Å²) < 4.78 is 10.3. The van der Waals surface area contributed by atoms with Crippen LogP contribution in [0.5, 0.6) is 0 Å². The van der Waals surface area contributed by atoms with Gasteiger partial charge in [0.25, 0.3) is 0 Å². The number of nitrogens with zero attached hydrogens (tertiary/aromatic N) is 3. The quantitative estimate of drug-likeness (QED) is 0.312. The molecule has 1 atom stereocenters. The van der Waals surface area contributed by atoms with Gasteiger partial charge < -0.3 is 18.7 Å². The van der Waals surface area contributed by atoms with Crippen LogP contribution in [0.3, 0.4) is 0 Å². The topological polar surface area (TPSA) is 56.5 Å². The first-order chi connectivity index (χ1) is 16.0. The molecule has 2 aliphatic heterocycles. The van der Waals surface area contributed by atoms with Crippen molar-refractivity contribution >= 4 is 52.7 Å². The second kappa shape index (κ2) is 7.49. The molecule has 0 N–H and O–H groups in total. The largest absolute Gasteiger partial charge is 0.377 e. The summed E-state index contributed by atoms with van der Waals surface area (Å²) in [5.41, 5.74) is 4.17. The molecule has 2 amide bonds. The molecule has 4 heterocycles. The Balaban J connectivity index is 1.71. The Morgan fingerprint density at radius 1 is 0.818 bits per heavy atom. The maximum absolute atomic E-state index is 13.3. The van der Waals surface area contributed by atoms with Gasteiger partial charge in [0, 0.05) is 58.4 Å². The van der Waals surface area contributed by atoms with Gasteiger partial charge in [0.15, 0.2) is 0 Å². The molecule has 0 unspecified atom stereocenters. The van der Waals surface area contributed by atoms with Crippen LogP contribution in [0.4, 0.5) is 0 Å². The number of amides is 2. The molecule has 0 saturated heterocycles. The van der Waals surface area contributed by atoms with Gasteiger partial charge in [-0.2, -0.15) is 0 Å². The second-order valence-corrected chi connectivity index (χ2v) is 8.71. The zero-order valence-corrected chi connectivity index (χ0v) is 18.3. The van der Waals surface area contributed by atoms with Gasteiger partial charge in [-0.3, -0.25) is 9.59 Å². The third kappa shape index (κ3) is 2.99.